The van der Waals surface area contributed by atoms with Crippen molar-refractivity contribution in [1.82, 2.24) is 0 Å². The summed E-state index contributed by atoms with van der Waals surface area (Å²) in [4.78, 5) is 0. The van der Waals surface area contributed by atoms with E-state index < -0.39 is 0 Å². The third-order valence-electron chi connectivity index (χ3n) is 2.84. The van der Waals surface area contributed by atoms with E-state index in [4.69, 9.17) is 4.74 Å². The monoisotopic (exact) mass is 164 g/mol. The van der Waals surface area contributed by atoms with E-state index in [0.717, 1.165) is 12.2 Å². The summed E-state index contributed by atoms with van der Waals surface area (Å²) in [7, 11) is 0. The lowest BCUT2D eigenvalue weighted by Gasteiger charge is -2.35. The van der Waals surface area contributed by atoms with Crippen LogP contribution in [-0.4, -0.2) is 6.10 Å². The van der Waals surface area contributed by atoms with Crippen molar-refractivity contribution in [2.45, 2.75) is 32.3 Å². The van der Waals surface area contributed by atoms with Crippen molar-refractivity contribution in [3.63, 3.8) is 0 Å². The Labute approximate surface area is 74.1 Å². The van der Waals surface area contributed by atoms with E-state index in [1.54, 1.807) is 0 Å². The largest absolute Gasteiger partial charge is 0.495 e. The summed E-state index contributed by atoms with van der Waals surface area (Å²) in [6, 6.07) is 0. The van der Waals surface area contributed by atoms with Gasteiger partial charge in [-0.2, -0.15) is 0 Å². The van der Waals surface area contributed by atoms with Crippen LogP contribution in [0.3, 0.4) is 0 Å². The minimum absolute atomic E-state index is 0.422. The zero-order valence-corrected chi connectivity index (χ0v) is 7.62. The Kier molecular flexibility index (Phi) is 1.95. The van der Waals surface area contributed by atoms with Crippen LogP contribution < -0.4 is 0 Å². The summed E-state index contributed by atoms with van der Waals surface area (Å²) in [5.41, 5.74) is 0. The van der Waals surface area contributed by atoms with Crippen molar-refractivity contribution in [3.8, 4) is 0 Å². The van der Waals surface area contributed by atoms with Crippen molar-refractivity contribution in [1.29, 1.82) is 0 Å². The van der Waals surface area contributed by atoms with E-state index in [0.29, 0.717) is 17.9 Å². The summed E-state index contributed by atoms with van der Waals surface area (Å²) >= 11 is 0. The molecule has 0 bridgehead atoms. The Balaban J connectivity index is 2.08. The second-order valence-corrected chi connectivity index (χ2v) is 4.00. The third-order valence-corrected chi connectivity index (χ3v) is 2.84. The van der Waals surface area contributed by atoms with Gasteiger partial charge in [0.2, 0.25) is 0 Å². The first kappa shape index (κ1) is 7.90. The second-order valence-electron chi connectivity index (χ2n) is 4.00. The Bertz CT molecular complexity index is 217. The number of hydrogen-bond donors (Lipinski definition) is 0. The molecule has 0 amide bonds. The maximum atomic E-state index is 5.71. The lowest BCUT2D eigenvalue weighted by molar-refractivity contribution is 0.0254. The van der Waals surface area contributed by atoms with Crippen LogP contribution in [0.25, 0.3) is 0 Å². The molecule has 1 fully saturated rings. The van der Waals surface area contributed by atoms with Gasteiger partial charge in [0.05, 0.1) is 5.76 Å². The lowest BCUT2D eigenvalue weighted by Crippen LogP contribution is -2.31. The first-order chi connectivity index (χ1) is 5.75. The topological polar surface area (TPSA) is 9.23 Å². The summed E-state index contributed by atoms with van der Waals surface area (Å²) in [6.07, 6.45) is 8.50. The van der Waals surface area contributed by atoms with Crippen LogP contribution in [0.2, 0.25) is 0 Å². The van der Waals surface area contributed by atoms with Gasteiger partial charge in [0.25, 0.3) is 0 Å². The molecular weight excluding hydrogens is 148 g/mol. The van der Waals surface area contributed by atoms with Gasteiger partial charge < -0.3 is 4.74 Å². The van der Waals surface area contributed by atoms with E-state index in [2.05, 4.69) is 25.7 Å². The molecule has 3 atom stereocenters. The van der Waals surface area contributed by atoms with E-state index in [9.17, 15) is 0 Å². The van der Waals surface area contributed by atoms with Crippen molar-refractivity contribution in [2.75, 3.05) is 0 Å². The number of rotatable bonds is 0. The molecule has 1 heterocycles. The highest BCUT2D eigenvalue weighted by molar-refractivity contribution is 5.06. The molecule has 1 saturated heterocycles. The fourth-order valence-corrected chi connectivity index (χ4v) is 2.09. The molecule has 1 aliphatic carbocycles. The molecule has 0 aromatic carbocycles. The fraction of sp³-hybridized carbons (Fsp3) is 0.636. The first-order valence-corrected chi connectivity index (χ1v) is 4.78. The highest BCUT2D eigenvalue weighted by Gasteiger charge is 2.29. The average molecular weight is 164 g/mol. The van der Waals surface area contributed by atoms with Gasteiger partial charge in [0, 0.05) is 12.3 Å². The van der Waals surface area contributed by atoms with Crippen LogP contribution in [0.5, 0.6) is 0 Å². The maximum absolute atomic E-state index is 5.71. The molecule has 0 aromatic rings. The van der Waals surface area contributed by atoms with Gasteiger partial charge in [-0.05, 0) is 18.8 Å². The molecule has 1 aliphatic heterocycles. The van der Waals surface area contributed by atoms with Gasteiger partial charge in [0.15, 0.2) is 0 Å². The third kappa shape index (κ3) is 1.40. The van der Waals surface area contributed by atoms with Crippen molar-refractivity contribution in [3.05, 3.63) is 24.5 Å². The van der Waals surface area contributed by atoms with E-state index >= 15 is 0 Å². The zero-order chi connectivity index (χ0) is 8.55. The molecule has 0 saturated carbocycles. The molecule has 1 nitrogen and oxygen atoms in total. The molecule has 2 rings (SSSR count). The molecular formula is C11H16O. The second kappa shape index (κ2) is 2.96. The van der Waals surface area contributed by atoms with E-state index in [-0.39, 0.29) is 0 Å². The van der Waals surface area contributed by atoms with Gasteiger partial charge >= 0.3 is 0 Å². The highest BCUT2D eigenvalue weighted by atomic mass is 16.5. The van der Waals surface area contributed by atoms with Crippen molar-refractivity contribution >= 4 is 0 Å². The molecule has 1 heteroatoms. The van der Waals surface area contributed by atoms with Crippen LogP contribution in [0.4, 0.5) is 0 Å². The number of allylic oxidation sites excluding steroid dienone is 2. The normalized spacial score (nSPS) is 40.4. The van der Waals surface area contributed by atoms with Gasteiger partial charge in [-0.25, -0.2) is 0 Å². The minimum atomic E-state index is 0.422. The maximum Gasteiger partial charge on any atom is 0.105 e. The standard InChI is InChI=1S/C11H16O/c1-8-3-5-10-6-4-9(2)12-11(10)7-8/h3,5,8,10-11H,2,4,6-7H2,1H3. The van der Waals surface area contributed by atoms with Gasteiger partial charge in [0.1, 0.15) is 6.10 Å². The van der Waals surface area contributed by atoms with Crippen LogP contribution in [0.1, 0.15) is 26.2 Å². The number of ether oxygens (including phenoxy) is 1. The molecule has 0 aromatic heterocycles. The molecule has 0 N–H and O–H groups in total. The number of fused-ring (bicyclic) bond motifs is 1. The van der Waals surface area contributed by atoms with Crippen LogP contribution in [0.15, 0.2) is 24.5 Å². The summed E-state index contributed by atoms with van der Waals surface area (Å²) in [6.45, 7) is 6.13. The van der Waals surface area contributed by atoms with Crippen molar-refractivity contribution < 1.29 is 4.74 Å². The van der Waals surface area contributed by atoms with Gasteiger partial charge in [-0.15, -0.1) is 0 Å². The Hall–Kier alpha value is -0.720. The van der Waals surface area contributed by atoms with Crippen LogP contribution in [0, 0.1) is 11.8 Å². The SMILES string of the molecule is C=C1CCC2C=CC(C)CC2O1. The zero-order valence-electron chi connectivity index (χ0n) is 7.62. The fourth-order valence-electron chi connectivity index (χ4n) is 2.09. The minimum Gasteiger partial charge on any atom is -0.495 e. The summed E-state index contributed by atoms with van der Waals surface area (Å²) < 4.78 is 5.71. The summed E-state index contributed by atoms with van der Waals surface area (Å²) in [5.74, 6) is 2.32. The number of hydrogen-bond acceptors (Lipinski definition) is 1. The van der Waals surface area contributed by atoms with Gasteiger partial charge in [-0.1, -0.05) is 25.7 Å². The van der Waals surface area contributed by atoms with E-state index in [1.165, 1.54) is 12.8 Å². The Morgan fingerprint density at radius 3 is 3.17 bits per heavy atom. The lowest BCUT2D eigenvalue weighted by atomic mass is 9.82. The Morgan fingerprint density at radius 1 is 1.50 bits per heavy atom. The molecule has 3 unspecified atom stereocenters. The molecule has 2 aliphatic rings. The molecule has 12 heavy (non-hydrogen) atoms. The smallest absolute Gasteiger partial charge is 0.105 e. The first-order valence-electron chi connectivity index (χ1n) is 4.78. The average Bonchev–Trinajstić information content (AvgIpc) is 2.03. The van der Waals surface area contributed by atoms with Crippen LogP contribution >= 0.6 is 0 Å². The van der Waals surface area contributed by atoms with Gasteiger partial charge in [-0.3, -0.25) is 0 Å². The predicted molar refractivity (Wildman–Crippen MR) is 49.7 cm³/mol. The molecule has 0 radical (unpaired) electrons. The van der Waals surface area contributed by atoms with Crippen molar-refractivity contribution in [2.24, 2.45) is 11.8 Å². The van der Waals surface area contributed by atoms with Crippen LogP contribution in [-0.2, 0) is 4.74 Å². The Morgan fingerprint density at radius 2 is 2.33 bits per heavy atom. The highest BCUT2D eigenvalue weighted by Crippen LogP contribution is 2.34. The molecule has 66 valence electrons. The molecule has 0 spiro atoms. The summed E-state index contributed by atoms with van der Waals surface area (Å²) in [5, 5.41) is 0. The quantitative estimate of drug-likeness (QED) is 0.500. The van der Waals surface area contributed by atoms with E-state index in [1.807, 2.05) is 0 Å². The predicted octanol–water partition coefficient (Wildman–Crippen LogP) is 2.89.